The van der Waals surface area contributed by atoms with Crippen LogP contribution < -0.4 is 0 Å². The molecule has 0 heteroatoms. The fourth-order valence-corrected chi connectivity index (χ4v) is 4.75. The van der Waals surface area contributed by atoms with Gasteiger partial charge in [0.05, 0.1) is 0 Å². The van der Waals surface area contributed by atoms with Gasteiger partial charge in [-0.25, -0.2) is 0 Å². The van der Waals surface area contributed by atoms with Gasteiger partial charge in [0.1, 0.15) is 0 Å². The van der Waals surface area contributed by atoms with Crippen LogP contribution in [-0.2, 0) is 0 Å². The summed E-state index contributed by atoms with van der Waals surface area (Å²) in [6.45, 7) is 13.8. The smallest absolute Gasteiger partial charge is 0.0358 e. The highest BCUT2D eigenvalue weighted by molar-refractivity contribution is 5.82. The maximum atomic E-state index is 2.41. The zero-order chi connectivity index (χ0) is 18.6. The lowest BCUT2D eigenvalue weighted by molar-refractivity contribution is 0.507. The molecule has 132 valence electrons. The molecule has 4 rings (SSSR count). The minimum atomic E-state index is 0.114. The molecule has 0 aromatic heterocycles. The molecular formula is C26H28. The molecule has 0 bridgehead atoms. The lowest BCUT2D eigenvalue weighted by atomic mass is 9.75. The summed E-state index contributed by atoms with van der Waals surface area (Å²) in [5.74, 6) is 0.338. The number of rotatable bonds is 1. The lowest BCUT2D eigenvalue weighted by Gasteiger charge is -2.28. The topological polar surface area (TPSA) is 0 Å². The van der Waals surface area contributed by atoms with Crippen LogP contribution >= 0.6 is 0 Å². The van der Waals surface area contributed by atoms with Gasteiger partial charge in [0, 0.05) is 5.92 Å². The number of hydrogen-bond acceptors (Lipinski definition) is 0. The van der Waals surface area contributed by atoms with E-state index in [-0.39, 0.29) is 5.41 Å². The summed E-state index contributed by atoms with van der Waals surface area (Å²) in [5.41, 5.74) is 13.1. The van der Waals surface area contributed by atoms with E-state index in [1.165, 1.54) is 50.1 Å². The molecule has 0 nitrogen and oxygen atoms in total. The zero-order valence-corrected chi connectivity index (χ0v) is 16.8. The van der Waals surface area contributed by atoms with Crippen LogP contribution in [0.2, 0.25) is 0 Å². The fraction of sp³-hybridized carbons (Fsp3) is 0.308. The van der Waals surface area contributed by atoms with Crippen molar-refractivity contribution >= 4 is 0 Å². The first-order valence-corrected chi connectivity index (χ1v) is 9.60. The Balaban J connectivity index is 2.07. The minimum absolute atomic E-state index is 0.114. The van der Waals surface area contributed by atoms with Crippen molar-refractivity contribution in [1.29, 1.82) is 0 Å². The Morgan fingerprint density at radius 1 is 0.808 bits per heavy atom. The van der Waals surface area contributed by atoms with Crippen molar-refractivity contribution in [3.63, 3.8) is 0 Å². The standard InChI is InChI=1S/C26H28/c1-16(2)22-15-17(3)23(25(22)26(4,5)6)24-20-13-9-7-11-18(20)19-12-8-10-14-21(19)24/h7-15,24H,1-6H3. The lowest BCUT2D eigenvalue weighted by Crippen LogP contribution is -2.15. The van der Waals surface area contributed by atoms with Crippen molar-refractivity contribution in [2.45, 2.75) is 47.5 Å². The average molecular weight is 341 g/mol. The van der Waals surface area contributed by atoms with Crippen LogP contribution in [0.25, 0.3) is 11.1 Å². The third-order valence-electron chi connectivity index (χ3n) is 5.74. The van der Waals surface area contributed by atoms with Gasteiger partial charge < -0.3 is 0 Å². The highest BCUT2D eigenvalue weighted by Crippen LogP contribution is 2.55. The highest BCUT2D eigenvalue weighted by atomic mass is 14.4. The van der Waals surface area contributed by atoms with Gasteiger partial charge in [-0.3, -0.25) is 0 Å². The van der Waals surface area contributed by atoms with E-state index in [0.29, 0.717) is 5.92 Å². The normalized spacial score (nSPS) is 16.7. The van der Waals surface area contributed by atoms with E-state index < -0.39 is 0 Å². The molecule has 0 amide bonds. The number of hydrogen-bond donors (Lipinski definition) is 0. The summed E-state index contributed by atoms with van der Waals surface area (Å²) >= 11 is 0. The van der Waals surface area contributed by atoms with Crippen molar-refractivity contribution in [1.82, 2.24) is 0 Å². The molecule has 0 radical (unpaired) electrons. The van der Waals surface area contributed by atoms with Crippen molar-refractivity contribution in [2.24, 2.45) is 5.41 Å². The van der Waals surface area contributed by atoms with Crippen LogP contribution in [0.4, 0.5) is 0 Å². The third-order valence-corrected chi connectivity index (χ3v) is 5.74. The Bertz CT molecular complexity index is 937. The molecular weight excluding hydrogens is 312 g/mol. The molecule has 0 saturated carbocycles. The molecule has 0 aliphatic heterocycles. The van der Waals surface area contributed by atoms with Crippen LogP contribution in [0, 0.1) is 5.41 Å². The number of fused-ring (bicyclic) bond motifs is 3. The number of benzene rings is 2. The van der Waals surface area contributed by atoms with Crippen LogP contribution in [0.15, 0.2) is 82.5 Å². The predicted molar refractivity (Wildman–Crippen MR) is 112 cm³/mol. The fourth-order valence-electron chi connectivity index (χ4n) is 4.75. The molecule has 0 unspecified atom stereocenters. The third kappa shape index (κ3) is 2.43. The van der Waals surface area contributed by atoms with E-state index in [1.807, 2.05) is 0 Å². The quantitative estimate of drug-likeness (QED) is 0.506. The van der Waals surface area contributed by atoms with Gasteiger partial charge >= 0.3 is 0 Å². The van der Waals surface area contributed by atoms with E-state index in [1.54, 1.807) is 0 Å². The van der Waals surface area contributed by atoms with E-state index in [0.717, 1.165) is 0 Å². The first-order valence-electron chi connectivity index (χ1n) is 9.60. The van der Waals surface area contributed by atoms with Gasteiger partial charge in [0.15, 0.2) is 0 Å². The minimum Gasteiger partial charge on any atom is -0.0689 e. The molecule has 0 fully saturated rings. The van der Waals surface area contributed by atoms with E-state index in [2.05, 4.69) is 96.1 Å². The monoisotopic (exact) mass is 340 g/mol. The highest BCUT2D eigenvalue weighted by Gasteiger charge is 2.38. The predicted octanol–water partition coefficient (Wildman–Crippen LogP) is 7.44. The Kier molecular flexibility index (Phi) is 3.84. The summed E-state index contributed by atoms with van der Waals surface area (Å²) in [7, 11) is 0. The van der Waals surface area contributed by atoms with Gasteiger partial charge in [0.2, 0.25) is 0 Å². The van der Waals surface area contributed by atoms with E-state index in [4.69, 9.17) is 0 Å². The van der Waals surface area contributed by atoms with E-state index in [9.17, 15) is 0 Å². The van der Waals surface area contributed by atoms with Crippen LogP contribution in [0.3, 0.4) is 0 Å². The zero-order valence-electron chi connectivity index (χ0n) is 16.8. The molecule has 2 aromatic rings. The van der Waals surface area contributed by atoms with Crippen molar-refractivity contribution in [3.05, 3.63) is 93.6 Å². The number of allylic oxidation sites excluding steroid dienone is 6. The summed E-state index contributed by atoms with van der Waals surface area (Å²) in [6.07, 6.45) is 2.41. The molecule has 2 aliphatic rings. The molecule has 2 aromatic carbocycles. The van der Waals surface area contributed by atoms with Gasteiger partial charge in [0.25, 0.3) is 0 Å². The van der Waals surface area contributed by atoms with Crippen LogP contribution in [-0.4, -0.2) is 0 Å². The summed E-state index contributed by atoms with van der Waals surface area (Å²) in [4.78, 5) is 0. The maximum Gasteiger partial charge on any atom is 0.0358 e. The molecule has 0 N–H and O–H groups in total. The Morgan fingerprint density at radius 3 is 1.77 bits per heavy atom. The van der Waals surface area contributed by atoms with Gasteiger partial charge in [-0.05, 0) is 70.7 Å². The second-order valence-corrected chi connectivity index (χ2v) is 8.89. The molecule has 0 heterocycles. The largest absolute Gasteiger partial charge is 0.0689 e. The van der Waals surface area contributed by atoms with Crippen LogP contribution in [0.5, 0.6) is 0 Å². The van der Waals surface area contributed by atoms with E-state index >= 15 is 0 Å². The Morgan fingerprint density at radius 2 is 1.31 bits per heavy atom. The van der Waals surface area contributed by atoms with Crippen molar-refractivity contribution < 1.29 is 0 Å². The van der Waals surface area contributed by atoms with Gasteiger partial charge in [-0.2, -0.15) is 0 Å². The second kappa shape index (κ2) is 5.84. The Labute approximate surface area is 158 Å². The first kappa shape index (κ1) is 17.1. The summed E-state index contributed by atoms with van der Waals surface area (Å²) in [5, 5.41) is 0. The Hall–Kier alpha value is -2.34. The SMILES string of the molecule is CC1=CC(=C(C)C)C(C(C)(C)C)=C1C1c2ccccc2-c2ccccc21. The average Bonchev–Trinajstić information content (AvgIpc) is 3.10. The second-order valence-electron chi connectivity index (χ2n) is 8.89. The molecule has 0 spiro atoms. The van der Waals surface area contributed by atoms with Gasteiger partial charge in [-0.1, -0.05) is 81.0 Å². The molecule has 2 aliphatic carbocycles. The van der Waals surface area contributed by atoms with Crippen LogP contribution in [0.1, 0.15) is 58.6 Å². The first-order chi connectivity index (χ1) is 12.3. The maximum absolute atomic E-state index is 2.41. The molecule has 0 saturated heterocycles. The summed E-state index contributed by atoms with van der Waals surface area (Å²) in [6, 6.07) is 17.9. The van der Waals surface area contributed by atoms with Crippen molar-refractivity contribution in [3.8, 4) is 11.1 Å². The molecule has 26 heavy (non-hydrogen) atoms. The molecule has 0 atom stereocenters. The summed E-state index contributed by atoms with van der Waals surface area (Å²) < 4.78 is 0. The van der Waals surface area contributed by atoms with Gasteiger partial charge in [-0.15, -0.1) is 0 Å². The van der Waals surface area contributed by atoms with Crippen molar-refractivity contribution in [2.75, 3.05) is 0 Å².